The standard InChI is InChI=1S/C16H13NO4/c1-11-10-12(2-8-15(11)18)3-9-16(19)13-4-6-14(7-5-13)17(20)21/h2-10,18H,1H3. The summed E-state index contributed by atoms with van der Waals surface area (Å²) in [6.45, 7) is 1.77. The van der Waals surface area contributed by atoms with Gasteiger partial charge in [-0.25, -0.2) is 0 Å². The molecule has 0 saturated carbocycles. The minimum Gasteiger partial charge on any atom is -0.508 e. The first kappa shape index (κ1) is 14.5. The molecule has 5 heteroatoms. The van der Waals surface area contributed by atoms with Gasteiger partial charge in [-0.15, -0.1) is 0 Å². The van der Waals surface area contributed by atoms with Crippen LogP contribution in [0, 0.1) is 17.0 Å². The molecule has 2 aromatic rings. The molecule has 0 amide bonds. The third-order valence-electron chi connectivity index (χ3n) is 3.01. The highest BCUT2D eigenvalue weighted by Crippen LogP contribution is 2.18. The number of aromatic hydroxyl groups is 1. The number of nitrogens with zero attached hydrogens (tertiary/aromatic N) is 1. The van der Waals surface area contributed by atoms with E-state index < -0.39 is 4.92 Å². The number of carbonyl (C=O) groups excluding carboxylic acids is 1. The summed E-state index contributed by atoms with van der Waals surface area (Å²) < 4.78 is 0. The summed E-state index contributed by atoms with van der Waals surface area (Å²) in [5.41, 5.74) is 1.84. The van der Waals surface area contributed by atoms with Gasteiger partial charge in [0.1, 0.15) is 5.75 Å². The van der Waals surface area contributed by atoms with Gasteiger partial charge in [0.2, 0.25) is 0 Å². The van der Waals surface area contributed by atoms with Crippen molar-refractivity contribution in [2.75, 3.05) is 0 Å². The van der Waals surface area contributed by atoms with Gasteiger partial charge in [0, 0.05) is 17.7 Å². The van der Waals surface area contributed by atoms with Gasteiger partial charge in [0.15, 0.2) is 5.78 Å². The van der Waals surface area contributed by atoms with Crippen molar-refractivity contribution in [2.45, 2.75) is 6.92 Å². The zero-order valence-electron chi connectivity index (χ0n) is 11.3. The molecule has 0 bridgehead atoms. The van der Waals surface area contributed by atoms with E-state index in [1.807, 2.05) is 0 Å². The SMILES string of the molecule is Cc1cc(C=CC(=O)c2ccc([N+](=O)[O-])cc2)ccc1O. The van der Waals surface area contributed by atoms with Crippen LogP contribution in [0.3, 0.4) is 0 Å². The second kappa shape index (κ2) is 6.00. The minimum atomic E-state index is -0.511. The molecule has 0 aromatic heterocycles. The van der Waals surface area contributed by atoms with E-state index in [0.717, 1.165) is 11.1 Å². The van der Waals surface area contributed by atoms with Crippen LogP contribution in [-0.2, 0) is 0 Å². The van der Waals surface area contributed by atoms with Crippen LogP contribution in [0.2, 0.25) is 0 Å². The van der Waals surface area contributed by atoms with E-state index in [-0.39, 0.29) is 17.2 Å². The summed E-state index contributed by atoms with van der Waals surface area (Å²) >= 11 is 0. The van der Waals surface area contributed by atoms with Gasteiger partial charge in [0.25, 0.3) is 5.69 Å². The molecule has 21 heavy (non-hydrogen) atoms. The molecule has 106 valence electrons. The third-order valence-corrected chi connectivity index (χ3v) is 3.01. The van der Waals surface area contributed by atoms with Crippen molar-refractivity contribution in [3.8, 4) is 5.75 Å². The van der Waals surface area contributed by atoms with Gasteiger partial charge in [-0.05, 0) is 48.4 Å². The maximum absolute atomic E-state index is 11.9. The number of phenolic OH excluding ortho intramolecular Hbond substituents is 1. The van der Waals surface area contributed by atoms with Gasteiger partial charge in [-0.1, -0.05) is 12.1 Å². The Hall–Kier alpha value is -2.95. The Balaban J connectivity index is 2.14. The van der Waals surface area contributed by atoms with Crippen LogP contribution in [0.4, 0.5) is 5.69 Å². The molecule has 0 unspecified atom stereocenters. The summed E-state index contributed by atoms with van der Waals surface area (Å²) in [6, 6.07) is 10.5. The average Bonchev–Trinajstić information content (AvgIpc) is 2.48. The number of non-ortho nitro benzene ring substituents is 1. The summed E-state index contributed by atoms with van der Waals surface area (Å²) in [5.74, 6) is -0.0375. The fraction of sp³-hybridized carbons (Fsp3) is 0.0625. The number of hydrogen-bond acceptors (Lipinski definition) is 4. The highest BCUT2D eigenvalue weighted by Gasteiger charge is 2.07. The zero-order chi connectivity index (χ0) is 15.4. The molecule has 0 fully saturated rings. The normalized spacial score (nSPS) is 10.7. The van der Waals surface area contributed by atoms with Crippen molar-refractivity contribution < 1.29 is 14.8 Å². The molecule has 5 nitrogen and oxygen atoms in total. The van der Waals surface area contributed by atoms with E-state index >= 15 is 0 Å². The van der Waals surface area contributed by atoms with Crippen molar-refractivity contribution in [3.63, 3.8) is 0 Å². The number of ketones is 1. The molecule has 1 N–H and O–H groups in total. The Labute approximate surface area is 121 Å². The number of nitro groups is 1. The lowest BCUT2D eigenvalue weighted by Crippen LogP contribution is -1.95. The van der Waals surface area contributed by atoms with E-state index in [2.05, 4.69) is 0 Å². The first-order valence-corrected chi connectivity index (χ1v) is 6.24. The molecule has 0 saturated heterocycles. The highest BCUT2D eigenvalue weighted by molar-refractivity contribution is 6.06. The lowest BCUT2D eigenvalue weighted by molar-refractivity contribution is -0.384. The number of hydrogen-bond donors (Lipinski definition) is 1. The first-order valence-electron chi connectivity index (χ1n) is 6.24. The van der Waals surface area contributed by atoms with E-state index in [9.17, 15) is 20.0 Å². The van der Waals surface area contributed by atoms with Crippen molar-refractivity contribution >= 4 is 17.5 Å². The zero-order valence-corrected chi connectivity index (χ0v) is 11.3. The molecular weight excluding hydrogens is 270 g/mol. The lowest BCUT2D eigenvalue weighted by atomic mass is 10.1. The maximum atomic E-state index is 11.9. The number of nitro benzene ring substituents is 1. The molecule has 0 heterocycles. The smallest absolute Gasteiger partial charge is 0.269 e. The highest BCUT2D eigenvalue weighted by atomic mass is 16.6. The molecule has 0 atom stereocenters. The molecular formula is C16H13NO4. The number of aryl methyl sites for hydroxylation is 1. The summed E-state index contributed by atoms with van der Waals surface area (Å²) in [4.78, 5) is 22.0. The van der Waals surface area contributed by atoms with Crippen LogP contribution in [0.25, 0.3) is 6.08 Å². The fourth-order valence-corrected chi connectivity index (χ4v) is 1.80. The number of benzene rings is 2. The third kappa shape index (κ3) is 3.54. The Kier molecular flexibility index (Phi) is 4.13. The summed E-state index contributed by atoms with van der Waals surface area (Å²) in [6.07, 6.45) is 3.03. The Morgan fingerprint density at radius 2 is 1.86 bits per heavy atom. The number of rotatable bonds is 4. The molecule has 0 aliphatic heterocycles. The van der Waals surface area contributed by atoms with E-state index in [1.54, 1.807) is 31.2 Å². The van der Waals surface area contributed by atoms with Crippen LogP contribution in [0.1, 0.15) is 21.5 Å². The summed E-state index contributed by atoms with van der Waals surface area (Å²) in [7, 11) is 0. The van der Waals surface area contributed by atoms with Crippen LogP contribution in [-0.4, -0.2) is 15.8 Å². The summed E-state index contributed by atoms with van der Waals surface area (Å²) in [5, 5.41) is 20.0. The molecule has 0 spiro atoms. The topological polar surface area (TPSA) is 80.4 Å². The molecule has 2 rings (SSSR count). The van der Waals surface area contributed by atoms with Crippen molar-refractivity contribution in [3.05, 3.63) is 75.3 Å². The Bertz CT molecular complexity index is 718. The predicted octanol–water partition coefficient (Wildman–Crippen LogP) is 3.50. The van der Waals surface area contributed by atoms with E-state index in [1.165, 1.54) is 30.3 Å². The van der Waals surface area contributed by atoms with Gasteiger partial charge in [-0.2, -0.15) is 0 Å². The average molecular weight is 283 g/mol. The van der Waals surface area contributed by atoms with Gasteiger partial charge >= 0.3 is 0 Å². The van der Waals surface area contributed by atoms with E-state index in [4.69, 9.17) is 0 Å². The number of carbonyl (C=O) groups is 1. The van der Waals surface area contributed by atoms with Crippen LogP contribution in [0.5, 0.6) is 5.75 Å². The van der Waals surface area contributed by atoms with Gasteiger partial charge < -0.3 is 5.11 Å². The monoisotopic (exact) mass is 283 g/mol. The molecule has 0 aliphatic rings. The fourth-order valence-electron chi connectivity index (χ4n) is 1.80. The largest absolute Gasteiger partial charge is 0.508 e. The minimum absolute atomic E-state index is 0.0512. The Morgan fingerprint density at radius 3 is 2.43 bits per heavy atom. The molecule has 0 radical (unpaired) electrons. The Morgan fingerprint density at radius 1 is 1.19 bits per heavy atom. The van der Waals surface area contributed by atoms with Crippen LogP contribution < -0.4 is 0 Å². The number of phenols is 1. The van der Waals surface area contributed by atoms with Crippen molar-refractivity contribution in [2.24, 2.45) is 0 Å². The maximum Gasteiger partial charge on any atom is 0.269 e. The van der Waals surface area contributed by atoms with Gasteiger partial charge in [-0.3, -0.25) is 14.9 Å². The van der Waals surface area contributed by atoms with Crippen LogP contribution in [0.15, 0.2) is 48.5 Å². The second-order valence-electron chi connectivity index (χ2n) is 4.55. The van der Waals surface area contributed by atoms with Crippen molar-refractivity contribution in [1.82, 2.24) is 0 Å². The number of allylic oxidation sites excluding steroid dienone is 1. The van der Waals surface area contributed by atoms with Crippen LogP contribution >= 0.6 is 0 Å². The molecule has 0 aliphatic carbocycles. The second-order valence-corrected chi connectivity index (χ2v) is 4.55. The molecule has 2 aromatic carbocycles. The quantitative estimate of drug-likeness (QED) is 0.403. The van der Waals surface area contributed by atoms with Crippen molar-refractivity contribution in [1.29, 1.82) is 0 Å². The van der Waals surface area contributed by atoms with Gasteiger partial charge in [0.05, 0.1) is 4.92 Å². The van der Waals surface area contributed by atoms with E-state index in [0.29, 0.717) is 5.56 Å². The lowest BCUT2D eigenvalue weighted by Gasteiger charge is -2.00. The first-order chi connectivity index (χ1) is 9.97. The predicted molar refractivity (Wildman–Crippen MR) is 79.3 cm³/mol.